The zero-order valence-electron chi connectivity index (χ0n) is 9.48. The Balaban J connectivity index is 2.35. The number of para-hydroxylation sites is 1. The average molecular weight is 230 g/mol. The number of anilines is 1. The van der Waals surface area contributed by atoms with E-state index in [0.717, 1.165) is 11.3 Å². The van der Waals surface area contributed by atoms with E-state index in [0.29, 0.717) is 19.5 Å². The Morgan fingerprint density at radius 1 is 1.35 bits per heavy atom. The third-order valence-corrected chi connectivity index (χ3v) is 2.71. The molecular weight excluding hydrogens is 216 g/mol. The summed E-state index contributed by atoms with van der Waals surface area (Å²) in [5.41, 5.74) is 1.80. The second-order valence-corrected chi connectivity index (χ2v) is 3.83. The van der Waals surface area contributed by atoms with Gasteiger partial charge in [0.1, 0.15) is 0 Å². The fraction of sp³-hybridized carbons (Fsp3) is 0.231. The smallest absolute Gasteiger partial charge is 0.316 e. The van der Waals surface area contributed by atoms with Crippen molar-refractivity contribution in [2.75, 3.05) is 18.0 Å². The number of rotatable bonds is 3. The first-order chi connectivity index (χ1) is 8.24. The number of nitrogens with one attached hydrogen (secondary N) is 1. The quantitative estimate of drug-likeness (QED) is 0.619. The minimum atomic E-state index is -0.537. The second kappa shape index (κ2) is 4.82. The first-order valence-corrected chi connectivity index (χ1v) is 5.52. The van der Waals surface area contributed by atoms with Crippen LogP contribution in [0.25, 0.3) is 0 Å². The fourth-order valence-corrected chi connectivity index (χ4v) is 1.91. The highest BCUT2D eigenvalue weighted by Gasteiger charge is 2.28. The maximum Gasteiger partial charge on any atom is 0.316 e. The molecule has 2 amide bonds. The summed E-state index contributed by atoms with van der Waals surface area (Å²) in [6.45, 7) is 4.70. The van der Waals surface area contributed by atoms with Gasteiger partial charge in [0.2, 0.25) is 0 Å². The van der Waals surface area contributed by atoms with Gasteiger partial charge in [0.25, 0.3) is 0 Å². The average Bonchev–Trinajstić information content (AvgIpc) is 2.34. The molecular formula is C13H14N2O2. The Hall–Kier alpha value is -2.10. The topological polar surface area (TPSA) is 49.4 Å². The molecule has 1 aliphatic rings. The first-order valence-electron chi connectivity index (χ1n) is 5.52. The molecule has 0 aromatic heterocycles. The molecule has 1 aromatic rings. The van der Waals surface area contributed by atoms with Crippen molar-refractivity contribution >= 4 is 17.5 Å². The molecule has 1 aliphatic heterocycles. The fourth-order valence-electron chi connectivity index (χ4n) is 1.91. The van der Waals surface area contributed by atoms with Crippen molar-refractivity contribution in [3.63, 3.8) is 0 Å². The summed E-state index contributed by atoms with van der Waals surface area (Å²) in [4.78, 5) is 24.6. The van der Waals surface area contributed by atoms with Gasteiger partial charge in [0.05, 0.1) is 0 Å². The van der Waals surface area contributed by atoms with E-state index in [1.54, 1.807) is 6.08 Å². The molecule has 1 aromatic carbocycles. The minimum absolute atomic E-state index is 0.493. The lowest BCUT2D eigenvalue weighted by atomic mass is 10.1. The number of amides is 2. The van der Waals surface area contributed by atoms with Crippen LogP contribution in [0.4, 0.5) is 5.69 Å². The normalized spacial score (nSPS) is 15.6. The van der Waals surface area contributed by atoms with E-state index in [1.165, 1.54) is 4.90 Å². The number of piperazine rings is 1. The maximum atomic E-state index is 11.8. The van der Waals surface area contributed by atoms with E-state index in [2.05, 4.69) is 11.9 Å². The summed E-state index contributed by atoms with van der Waals surface area (Å²) >= 11 is 0. The number of hydrogen-bond acceptors (Lipinski definition) is 2. The van der Waals surface area contributed by atoms with Crippen LogP contribution in [-0.2, 0) is 16.0 Å². The molecule has 1 N–H and O–H groups in total. The SMILES string of the molecule is C=CCc1ccccc1N1CCNC(=O)C1=O. The van der Waals surface area contributed by atoms with Crippen molar-refractivity contribution in [2.45, 2.75) is 6.42 Å². The van der Waals surface area contributed by atoms with Crippen LogP contribution in [-0.4, -0.2) is 24.9 Å². The molecule has 17 heavy (non-hydrogen) atoms. The summed E-state index contributed by atoms with van der Waals surface area (Å²) in [6, 6.07) is 7.57. The Morgan fingerprint density at radius 3 is 2.88 bits per heavy atom. The van der Waals surface area contributed by atoms with Crippen molar-refractivity contribution in [3.05, 3.63) is 42.5 Å². The molecule has 0 saturated carbocycles. The molecule has 1 fully saturated rings. The molecule has 0 bridgehead atoms. The van der Waals surface area contributed by atoms with E-state index < -0.39 is 11.8 Å². The van der Waals surface area contributed by atoms with E-state index in [1.807, 2.05) is 24.3 Å². The number of carbonyl (C=O) groups excluding carboxylic acids is 2. The van der Waals surface area contributed by atoms with Gasteiger partial charge in [0.15, 0.2) is 0 Å². The van der Waals surface area contributed by atoms with Crippen LogP contribution in [0.2, 0.25) is 0 Å². The van der Waals surface area contributed by atoms with Gasteiger partial charge >= 0.3 is 11.8 Å². The molecule has 0 radical (unpaired) electrons. The maximum absolute atomic E-state index is 11.8. The van der Waals surface area contributed by atoms with Crippen molar-refractivity contribution in [1.29, 1.82) is 0 Å². The highest BCUT2D eigenvalue weighted by atomic mass is 16.2. The number of carbonyl (C=O) groups is 2. The lowest BCUT2D eigenvalue weighted by molar-refractivity contribution is -0.138. The van der Waals surface area contributed by atoms with Crippen LogP contribution >= 0.6 is 0 Å². The highest BCUT2D eigenvalue weighted by molar-refractivity contribution is 6.41. The first kappa shape index (κ1) is 11.4. The van der Waals surface area contributed by atoms with E-state index in [9.17, 15) is 9.59 Å². The third kappa shape index (κ3) is 2.20. The van der Waals surface area contributed by atoms with Crippen LogP contribution in [0.15, 0.2) is 36.9 Å². The number of allylic oxidation sites excluding steroid dienone is 1. The zero-order chi connectivity index (χ0) is 12.3. The monoisotopic (exact) mass is 230 g/mol. The second-order valence-electron chi connectivity index (χ2n) is 3.83. The lowest BCUT2D eigenvalue weighted by Gasteiger charge is -2.28. The van der Waals surface area contributed by atoms with Crippen molar-refractivity contribution in [2.24, 2.45) is 0 Å². The Kier molecular flexibility index (Phi) is 3.23. The predicted molar refractivity (Wildman–Crippen MR) is 65.7 cm³/mol. The van der Waals surface area contributed by atoms with Gasteiger partial charge < -0.3 is 10.2 Å². The number of nitrogens with zero attached hydrogens (tertiary/aromatic N) is 1. The highest BCUT2D eigenvalue weighted by Crippen LogP contribution is 2.22. The van der Waals surface area contributed by atoms with Gasteiger partial charge in [-0.05, 0) is 18.1 Å². The number of benzene rings is 1. The minimum Gasteiger partial charge on any atom is -0.346 e. The van der Waals surface area contributed by atoms with Crippen LogP contribution in [0.1, 0.15) is 5.56 Å². The van der Waals surface area contributed by atoms with Gasteiger partial charge in [-0.15, -0.1) is 6.58 Å². The van der Waals surface area contributed by atoms with Crippen LogP contribution in [0.3, 0.4) is 0 Å². The molecule has 1 heterocycles. The van der Waals surface area contributed by atoms with Crippen molar-refractivity contribution < 1.29 is 9.59 Å². The Labute approximate surface area is 99.9 Å². The summed E-state index contributed by atoms with van der Waals surface area (Å²) in [5, 5.41) is 2.53. The summed E-state index contributed by atoms with van der Waals surface area (Å²) in [5.74, 6) is -1.03. The summed E-state index contributed by atoms with van der Waals surface area (Å²) in [7, 11) is 0. The molecule has 4 nitrogen and oxygen atoms in total. The summed E-state index contributed by atoms with van der Waals surface area (Å²) < 4.78 is 0. The lowest BCUT2D eigenvalue weighted by Crippen LogP contribution is -2.52. The number of hydrogen-bond donors (Lipinski definition) is 1. The van der Waals surface area contributed by atoms with E-state index in [-0.39, 0.29) is 0 Å². The zero-order valence-corrected chi connectivity index (χ0v) is 9.48. The molecule has 4 heteroatoms. The van der Waals surface area contributed by atoms with Gasteiger partial charge in [0, 0.05) is 18.8 Å². The van der Waals surface area contributed by atoms with Crippen molar-refractivity contribution in [3.8, 4) is 0 Å². The van der Waals surface area contributed by atoms with Crippen LogP contribution in [0, 0.1) is 0 Å². The summed E-state index contributed by atoms with van der Waals surface area (Å²) in [6.07, 6.45) is 2.47. The molecule has 1 saturated heterocycles. The Morgan fingerprint density at radius 2 is 2.12 bits per heavy atom. The largest absolute Gasteiger partial charge is 0.346 e. The molecule has 88 valence electrons. The standard InChI is InChI=1S/C13H14N2O2/c1-2-5-10-6-3-4-7-11(10)15-9-8-14-12(16)13(15)17/h2-4,6-7H,1,5,8-9H2,(H,14,16). The van der Waals surface area contributed by atoms with E-state index >= 15 is 0 Å². The molecule has 2 rings (SSSR count). The van der Waals surface area contributed by atoms with Crippen LogP contribution < -0.4 is 10.2 Å². The van der Waals surface area contributed by atoms with Gasteiger partial charge in [-0.1, -0.05) is 24.3 Å². The molecule has 0 atom stereocenters. The third-order valence-electron chi connectivity index (χ3n) is 2.71. The predicted octanol–water partition coefficient (Wildman–Crippen LogP) is 0.878. The van der Waals surface area contributed by atoms with Crippen LogP contribution in [0.5, 0.6) is 0 Å². The van der Waals surface area contributed by atoms with E-state index in [4.69, 9.17) is 0 Å². The molecule has 0 aliphatic carbocycles. The van der Waals surface area contributed by atoms with Crippen molar-refractivity contribution in [1.82, 2.24) is 5.32 Å². The van der Waals surface area contributed by atoms with Gasteiger partial charge in [-0.3, -0.25) is 9.59 Å². The molecule has 0 unspecified atom stereocenters. The Bertz CT molecular complexity index is 468. The van der Waals surface area contributed by atoms with Gasteiger partial charge in [-0.25, -0.2) is 0 Å². The van der Waals surface area contributed by atoms with Gasteiger partial charge in [-0.2, -0.15) is 0 Å². The molecule has 0 spiro atoms.